The highest BCUT2D eigenvalue weighted by Crippen LogP contribution is 2.43. The van der Waals surface area contributed by atoms with Gasteiger partial charge in [0.1, 0.15) is 6.04 Å². The number of imide groups is 2. The minimum atomic E-state index is -3.74. The Morgan fingerprint density at radius 3 is 2.35 bits per heavy atom. The number of nitrogens with one attached hydrogen (secondary N) is 2. The Morgan fingerprint density at radius 2 is 1.64 bits per heavy atom. The first-order valence-electron chi connectivity index (χ1n) is 22.8. The molecule has 20 heteroatoms. The van der Waals surface area contributed by atoms with Crippen molar-refractivity contribution in [2.75, 3.05) is 60.4 Å². The summed E-state index contributed by atoms with van der Waals surface area (Å²) >= 11 is 1.40. The van der Waals surface area contributed by atoms with Crippen molar-refractivity contribution in [1.29, 1.82) is 0 Å². The number of nitrogen functional groups attached to an aromatic ring is 1. The molecule has 4 aromatic rings. The number of likely N-dealkylation sites (tertiary alicyclic amines) is 2. The molecular weight excluding hydrogens is 888 g/mol. The third kappa shape index (κ3) is 9.26. The third-order valence-corrected chi connectivity index (χ3v) is 16.3. The summed E-state index contributed by atoms with van der Waals surface area (Å²) in [6.07, 6.45) is 7.79. The van der Waals surface area contributed by atoms with Gasteiger partial charge in [-0.3, -0.25) is 38.9 Å². The van der Waals surface area contributed by atoms with E-state index in [9.17, 15) is 32.4 Å². The van der Waals surface area contributed by atoms with Crippen LogP contribution in [0.15, 0.2) is 48.7 Å². The van der Waals surface area contributed by atoms with Crippen LogP contribution in [0.4, 0.5) is 21.7 Å². The lowest BCUT2D eigenvalue weighted by molar-refractivity contribution is -0.136. The fraction of sp³-hybridized carbons (Fsp3) is 0.478. The number of halogens is 1. The van der Waals surface area contributed by atoms with Gasteiger partial charge in [-0.25, -0.2) is 27.8 Å². The van der Waals surface area contributed by atoms with E-state index >= 15 is 4.39 Å². The molecule has 348 valence electrons. The van der Waals surface area contributed by atoms with Crippen molar-refractivity contribution in [1.82, 2.24) is 35.0 Å². The van der Waals surface area contributed by atoms with Crippen molar-refractivity contribution in [3.05, 3.63) is 70.6 Å². The average molecular weight is 941 g/mol. The summed E-state index contributed by atoms with van der Waals surface area (Å²) in [5.74, 6) is -2.36. The van der Waals surface area contributed by atoms with E-state index in [2.05, 4.69) is 29.8 Å². The minimum Gasteiger partial charge on any atom is -0.371 e. The summed E-state index contributed by atoms with van der Waals surface area (Å²) < 4.78 is 43.6. The zero-order chi connectivity index (χ0) is 46.3. The Bertz CT molecular complexity index is 2670. The standard InChI is InChI=1S/C46H53FN10O7S2/c1-2-24-66(63,64)53-34-5-3-4-32(39(34)47)40-41(35-10-17-49-46(48)50-35)65-43(52-40)28-13-20-56(21-14-28)38(59)25-27-11-18-54(19-12-27)29-15-22-55(23-16-29)30-6-7-31-33(26-30)45(62)57(44(31)61)36-8-9-37(58)51-42(36)60/h3-7,10,17,26-29,36,53H,2,8-9,11-16,18-25H2,1H3,(H2,48,49,50)(H,51,58,60)/t36-/m1/s1. The van der Waals surface area contributed by atoms with Crippen LogP contribution in [0.2, 0.25) is 0 Å². The van der Waals surface area contributed by atoms with Crippen LogP contribution in [-0.2, 0) is 24.4 Å². The van der Waals surface area contributed by atoms with Gasteiger partial charge in [-0.1, -0.05) is 13.0 Å². The largest absolute Gasteiger partial charge is 0.371 e. The second-order valence-electron chi connectivity index (χ2n) is 17.9. The van der Waals surface area contributed by atoms with Gasteiger partial charge in [0, 0.05) is 68.4 Å². The molecule has 0 bridgehead atoms. The maximum absolute atomic E-state index is 16.1. The smallest absolute Gasteiger partial charge is 0.262 e. The predicted molar refractivity (Wildman–Crippen MR) is 246 cm³/mol. The van der Waals surface area contributed by atoms with Crippen LogP contribution in [0.25, 0.3) is 21.8 Å². The van der Waals surface area contributed by atoms with Crippen molar-refractivity contribution in [2.24, 2.45) is 5.92 Å². The number of thiazole rings is 1. The fourth-order valence-corrected chi connectivity index (χ4v) is 12.4. The molecule has 17 nitrogen and oxygen atoms in total. The monoisotopic (exact) mass is 940 g/mol. The number of rotatable bonds is 12. The number of nitrogens with two attached hydrogens (primary N) is 1. The highest BCUT2D eigenvalue weighted by molar-refractivity contribution is 7.92. The molecule has 4 saturated heterocycles. The average Bonchev–Trinajstić information content (AvgIpc) is 3.86. The highest BCUT2D eigenvalue weighted by Gasteiger charge is 2.45. The number of anilines is 3. The summed E-state index contributed by atoms with van der Waals surface area (Å²) in [7, 11) is -3.74. The van der Waals surface area contributed by atoms with Gasteiger partial charge in [0.05, 0.1) is 43.8 Å². The van der Waals surface area contributed by atoms with Crippen LogP contribution in [0.1, 0.15) is 103 Å². The number of amides is 5. The lowest BCUT2D eigenvalue weighted by atomic mass is 9.90. The molecule has 1 atom stereocenters. The van der Waals surface area contributed by atoms with Crippen LogP contribution >= 0.6 is 11.3 Å². The van der Waals surface area contributed by atoms with Crippen molar-refractivity contribution in [3.8, 4) is 21.8 Å². The van der Waals surface area contributed by atoms with Crippen LogP contribution in [-0.4, -0.2) is 125 Å². The number of hydrogen-bond donors (Lipinski definition) is 3. The normalized spacial score (nSPS) is 20.5. The second-order valence-corrected chi connectivity index (χ2v) is 20.7. The first kappa shape index (κ1) is 45.3. The molecule has 2 aromatic heterocycles. The number of carbonyl (C=O) groups excluding carboxylic acids is 5. The fourth-order valence-electron chi connectivity index (χ4n) is 10.1. The number of nitrogens with zero attached hydrogens (tertiary/aromatic N) is 7. The molecule has 5 aliphatic rings. The zero-order valence-corrected chi connectivity index (χ0v) is 38.3. The van der Waals surface area contributed by atoms with E-state index in [1.54, 1.807) is 37.3 Å². The molecule has 2 aromatic carbocycles. The lowest BCUT2D eigenvalue weighted by Crippen LogP contribution is -2.54. The van der Waals surface area contributed by atoms with E-state index in [1.165, 1.54) is 23.6 Å². The second kappa shape index (κ2) is 18.8. The summed E-state index contributed by atoms with van der Waals surface area (Å²) in [5.41, 5.74) is 8.18. The van der Waals surface area contributed by atoms with Crippen molar-refractivity contribution in [2.45, 2.75) is 89.1 Å². The van der Waals surface area contributed by atoms with Crippen molar-refractivity contribution < 1.29 is 36.8 Å². The van der Waals surface area contributed by atoms with E-state index in [1.807, 2.05) is 11.0 Å². The van der Waals surface area contributed by atoms with Crippen LogP contribution in [0, 0.1) is 11.7 Å². The van der Waals surface area contributed by atoms with Crippen molar-refractivity contribution in [3.63, 3.8) is 0 Å². The van der Waals surface area contributed by atoms with Crippen LogP contribution in [0.3, 0.4) is 0 Å². The van der Waals surface area contributed by atoms with Gasteiger partial charge in [-0.05, 0) is 107 Å². The SMILES string of the molecule is CCCS(=O)(=O)Nc1cccc(-c2nc(C3CCN(C(=O)CC4CCN(C5CCN(c6ccc7c(c6)C(=O)N([C@@H]6CCC(=O)NC6=O)C7=O)CC5)CC4)CC3)sc2-c2ccnc(N)n2)c1F. The third-order valence-electron chi connectivity index (χ3n) is 13.6. The molecule has 7 heterocycles. The molecule has 9 rings (SSSR count). The van der Waals surface area contributed by atoms with E-state index < -0.39 is 45.5 Å². The summed E-state index contributed by atoms with van der Waals surface area (Å²) in [6.45, 7) is 6.35. The number of aromatic nitrogens is 3. The van der Waals surface area contributed by atoms with Crippen LogP contribution in [0.5, 0.6) is 0 Å². The van der Waals surface area contributed by atoms with Gasteiger partial charge in [0.25, 0.3) is 11.8 Å². The van der Waals surface area contributed by atoms with Gasteiger partial charge in [0.15, 0.2) is 5.82 Å². The first-order valence-corrected chi connectivity index (χ1v) is 25.2. The summed E-state index contributed by atoms with van der Waals surface area (Å²) in [5, 5.41) is 3.03. The summed E-state index contributed by atoms with van der Waals surface area (Å²) in [6, 6.07) is 10.9. The van der Waals surface area contributed by atoms with E-state index in [4.69, 9.17) is 10.7 Å². The topological polar surface area (TPSA) is 221 Å². The number of piperidine rings is 4. The summed E-state index contributed by atoms with van der Waals surface area (Å²) in [4.78, 5) is 86.1. The number of sulfonamides is 1. The molecule has 0 aliphatic carbocycles. The molecule has 4 fully saturated rings. The Hall–Kier alpha value is -5.86. The molecule has 5 aliphatic heterocycles. The number of carbonyl (C=O) groups is 5. The molecule has 0 radical (unpaired) electrons. The molecule has 0 unspecified atom stereocenters. The first-order chi connectivity index (χ1) is 31.8. The Balaban J connectivity index is 0.766. The Labute approximate surface area is 386 Å². The van der Waals surface area contributed by atoms with Gasteiger partial charge in [-0.15, -0.1) is 11.3 Å². The quantitative estimate of drug-likeness (QED) is 0.159. The Kier molecular flexibility index (Phi) is 12.9. The number of fused-ring (bicyclic) bond motifs is 1. The van der Waals surface area contributed by atoms with Crippen molar-refractivity contribution >= 4 is 68.2 Å². The van der Waals surface area contributed by atoms with Gasteiger partial charge >= 0.3 is 0 Å². The molecule has 4 N–H and O–H groups in total. The minimum absolute atomic E-state index is 0.0273. The van der Waals surface area contributed by atoms with Gasteiger partial charge in [-0.2, -0.15) is 0 Å². The molecule has 0 saturated carbocycles. The maximum Gasteiger partial charge on any atom is 0.262 e. The van der Waals surface area contributed by atoms with Gasteiger partial charge < -0.3 is 20.4 Å². The van der Waals surface area contributed by atoms with E-state index in [0.717, 1.165) is 67.5 Å². The van der Waals surface area contributed by atoms with Gasteiger partial charge in [0.2, 0.25) is 33.7 Å². The van der Waals surface area contributed by atoms with E-state index in [-0.39, 0.29) is 58.7 Å². The number of hydrogen-bond acceptors (Lipinski definition) is 14. The highest BCUT2D eigenvalue weighted by atomic mass is 32.2. The van der Waals surface area contributed by atoms with E-state index in [0.29, 0.717) is 67.0 Å². The molecule has 66 heavy (non-hydrogen) atoms. The maximum atomic E-state index is 16.1. The Morgan fingerprint density at radius 1 is 0.894 bits per heavy atom. The zero-order valence-electron chi connectivity index (χ0n) is 36.7. The number of benzene rings is 2. The molecular formula is C46H53FN10O7S2. The predicted octanol–water partition coefficient (Wildman–Crippen LogP) is 5.02. The van der Waals surface area contributed by atoms with Crippen LogP contribution < -0.4 is 20.7 Å². The molecule has 5 amide bonds. The lowest BCUT2D eigenvalue weighted by Gasteiger charge is -2.42. The molecule has 0 spiro atoms.